The molecule has 0 aliphatic rings. The van der Waals surface area contributed by atoms with Crippen LogP contribution in [0, 0.1) is 0 Å². The molecule has 17 heavy (non-hydrogen) atoms. The number of aromatic nitrogens is 1. The van der Waals surface area contributed by atoms with Crippen LogP contribution < -0.4 is 5.73 Å². The van der Waals surface area contributed by atoms with Crippen LogP contribution in [0.2, 0.25) is 0 Å². The van der Waals surface area contributed by atoms with Gasteiger partial charge >= 0.3 is 0 Å². The molecule has 0 saturated heterocycles. The summed E-state index contributed by atoms with van der Waals surface area (Å²) in [5.74, 6) is 0. The molecule has 4 heteroatoms. The second-order valence-electron chi connectivity index (χ2n) is 5.66. The molecule has 0 fully saturated rings. The molecule has 0 aliphatic carbocycles. The first-order valence-corrected chi connectivity index (χ1v) is 7.02. The van der Waals surface area contributed by atoms with Gasteiger partial charge in [-0.2, -0.15) is 0 Å². The van der Waals surface area contributed by atoms with E-state index in [4.69, 9.17) is 5.73 Å². The van der Waals surface area contributed by atoms with E-state index in [1.807, 2.05) is 12.3 Å². The first kappa shape index (κ1) is 14.6. The van der Waals surface area contributed by atoms with Crippen LogP contribution in [0.5, 0.6) is 0 Å². The molecule has 0 radical (unpaired) electrons. The Morgan fingerprint density at radius 3 is 2.47 bits per heavy atom. The van der Waals surface area contributed by atoms with Gasteiger partial charge in [-0.3, -0.25) is 0 Å². The molecular weight excluding hydrogens is 235 g/mol. The lowest BCUT2D eigenvalue weighted by Gasteiger charge is -2.21. The lowest BCUT2D eigenvalue weighted by molar-refractivity contribution is 0.158. The van der Waals surface area contributed by atoms with Gasteiger partial charge in [0.25, 0.3) is 0 Å². The van der Waals surface area contributed by atoms with E-state index in [9.17, 15) is 4.39 Å². The van der Waals surface area contributed by atoms with Gasteiger partial charge in [-0.05, 0) is 6.42 Å². The van der Waals surface area contributed by atoms with Crippen LogP contribution >= 0.6 is 11.3 Å². The summed E-state index contributed by atoms with van der Waals surface area (Å²) in [6.07, 6.45) is 1.66. The number of hydrogen-bond donors (Lipinski definition) is 1. The molecule has 1 aromatic heterocycles. The van der Waals surface area contributed by atoms with E-state index in [-0.39, 0.29) is 12.0 Å². The van der Waals surface area contributed by atoms with Gasteiger partial charge in [0, 0.05) is 23.8 Å². The van der Waals surface area contributed by atoms with Gasteiger partial charge in [0.05, 0.1) is 10.7 Å². The Morgan fingerprint density at radius 1 is 1.41 bits per heavy atom. The van der Waals surface area contributed by atoms with Gasteiger partial charge in [0.1, 0.15) is 5.67 Å². The molecule has 1 unspecified atom stereocenters. The Kier molecular flexibility index (Phi) is 4.67. The molecule has 1 aromatic rings. The smallest absolute Gasteiger partial charge is 0.129 e. The summed E-state index contributed by atoms with van der Waals surface area (Å²) >= 11 is 1.54. The second-order valence-corrected chi connectivity index (χ2v) is 6.60. The molecule has 0 amide bonds. The predicted molar refractivity (Wildman–Crippen MR) is 72.3 cm³/mol. The minimum Gasteiger partial charge on any atom is -0.328 e. The number of rotatable bonds is 5. The molecule has 0 bridgehead atoms. The highest BCUT2D eigenvalue weighted by molar-refractivity contribution is 7.09. The van der Waals surface area contributed by atoms with Crippen molar-refractivity contribution >= 4 is 11.3 Å². The topological polar surface area (TPSA) is 38.9 Å². The first-order chi connectivity index (χ1) is 7.80. The molecule has 1 atom stereocenters. The first-order valence-electron chi connectivity index (χ1n) is 6.14. The maximum Gasteiger partial charge on any atom is 0.129 e. The summed E-state index contributed by atoms with van der Waals surface area (Å²) in [4.78, 5) is 4.52. The number of halogens is 1. The fraction of sp³-hybridized carbons (Fsp3) is 0.769. The normalized spacial score (nSPS) is 15.9. The number of hydrogen-bond acceptors (Lipinski definition) is 3. The van der Waals surface area contributed by atoms with Crippen molar-refractivity contribution in [3.8, 4) is 0 Å². The zero-order valence-corrected chi connectivity index (χ0v) is 12.0. The van der Waals surface area contributed by atoms with Crippen molar-refractivity contribution in [2.45, 2.75) is 58.0 Å². The van der Waals surface area contributed by atoms with Crippen molar-refractivity contribution < 1.29 is 4.39 Å². The Bertz CT molecular complexity index is 357. The number of thiazole rings is 1. The molecule has 0 saturated carbocycles. The summed E-state index contributed by atoms with van der Waals surface area (Å²) in [5.41, 5.74) is 5.31. The van der Waals surface area contributed by atoms with E-state index >= 15 is 0 Å². The Balaban J connectivity index is 2.78. The summed E-state index contributed by atoms with van der Waals surface area (Å²) in [7, 11) is 0. The molecule has 2 nitrogen and oxygen atoms in total. The standard InChI is InChI=1S/C13H23FN2S/c1-5-6-13(14,9-15)7-11-16-10(8-17-11)12(2,3)4/h8H,5-7,9,15H2,1-4H3. The molecule has 0 aliphatic heterocycles. The average Bonchev–Trinajstić information content (AvgIpc) is 2.66. The third kappa shape index (κ3) is 4.03. The number of nitrogens with two attached hydrogens (primary N) is 1. The maximum absolute atomic E-state index is 14.4. The lowest BCUT2D eigenvalue weighted by atomic mass is 9.93. The van der Waals surface area contributed by atoms with E-state index in [2.05, 4.69) is 25.8 Å². The van der Waals surface area contributed by atoms with Gasteiger partial charge in [-0.15, -0.1) is 11.3 Å². The molecule has 0 aromatic carbocycles. The van der Waals surface area contributed by atoms with E-state index in [0.717, 1.165) is 17.1 Å². The molecule has 1 heterocycles. The van der Waals surface area contributed by atoms with Crippen LogP contribution in [0.15, 0.2) is 5.38 Å². The maximum atomic E-state index is 14.4. The molecule has 98 valence electrons. The van der Waals surface area contributed by atoms with Crippen LogP contribution in [0.25, 0.3) is 0 Å². The van der Waals surface area contributed by atoms with Crippen LogP contribution in [-0.4, -0.2) is 17.2 Å². The van der Waals surface area contributed by atoms with Gasteiger partial charge in [0.2, 0.25) is 0 Å². The van der Waals surface area contributed by atoms with Crippen molar-refractivity contribution in [1.29, 1.82) is 0 Å². The van der Waals surface area contributed by atoms with Crippen LogP contribution in [0.1, 0.15) is 51.2 Å². The summed E-state index contributed by atoms with van der Waals surface area (Å²) in [6, 6.07) is 0. The Morgan fingerprint density at radius 2 is 2.06 bits per heavy atom. The minimum absolute atomic E-state index is 0.0290. The largest absolute Gasteiger partial charge is 0.328 e. The second kappa shape index (κ2) is 5.44. The monoisotopic (exact) mass is 258 g/mol. The van der Waals surface area contributed by atoms with Crippen molar-refractivity contribution in [3.05, 3.63) is 16.1 Å². The zero-order valence-electron chi connectivity index (χ0n) is 11.2. The van der Waals surface area contributed by atoms with Gasteiger partial charge in [0.15, 0.2) is 0 Å². The van der Waals surface area contributed by atoms with Gasteiger partial charge in [-0.25, -0.2) is 9.37 Å². The quantitative estimate of drug-likeness (QED) is 0.878. The highest BCUT2D eigenvalue weighted by atomic mass is 32.1. The molecular formula is C13H23FN2S. The Hall–Kier alpha value is -0.480. The van der Waals surface area contributed by atoms with E-state index in [1.165, 1.54) is 11.3 Å². The molecule has 2 N–H and O–H groups in total. The average molecular weight is 258 g/mol. The van der Waals surface area contributed by atoms with Gasteiger partial charge < -0.3 is 5.73 Å². The zero-order chi connectivity index (χ0) is 13.1. The fourth-order valence-corrected chi connectivity index (χ4v) is 2.87. The van der Waals surface area contributed by atoms with Crippen LogP contribution in [0.3, 0.4) is 0 Å². The third-order valence-electron chi connectivity index (χ3n) is 2.85. The minimum atomic E-state index is -1.29. The summed E-state index contributed by atoms with van der Waals surface area (Å²) in [5, 5.41) is 2.88. The van der Waals surface area contributed by atoms with Crippen molar-refractivity contribution in [2.24, 2.45) is 5.73 Å². The van der Waals surface area contributed by atoms with Crippen LogP contribution in [0.4, 0.5) is 4.39 Å². The summed E-state index contributed by atoms with van der Waals surface area (Å²) in [6.45, 7) is 8.40. The number of alkyl halides is 1. The molecule has 0 spiro atoms. The lowest BCUT2D eigenvalue weighted by Crippen LogP contribution is -2.35. The van der Waals surface area contributed by atoms with Crippen molar-refractivity contribution in [3.63, 3.8) is 0 Å². The SMILES string of the molecule is CCCC(F)(CN)Cc1nc(C(C)(C)C)cs1. The Labute approximate surface area is 107 Å². The third-order valence-corrected chi connectivity index (χ3v) is 3.70. The predicted octanol–water partition coefficient (Wildman–Crippen LogP) is 3.45. The van der Waals surface area contributed by atoms with Gasteiger partial charge in [-0.1, -0.05) is 34.1 Å². The van der Waals surface area contributed by atoms with Crippen molar-refractivity contribution in [1.82, 2.24) is 4.98 Å². The number of nitrogens with zero attached hydrogens (tertiary/aromatic N) is 1. The fourth-order valence-electron chi connectivity index (χ4n) is 1.72. The highest BCUT2D eigenvalue weighted by Gasteiger charge is 2.29. The van der Waals surface area contributed by atoms with E-state index < -0.39 is 5.67 Å². The summed E-state index contributed by atoms with van der Waals surface area (Å²) < 4.78 is 14.4. The van der Waals surface area contributed by atoms with E-state index in [1.54, 1.807) is 0 Å². The van der Waals surface area contributed by atoms with Crippen molar-refractivity contribution in [2.75, 3.05) is 6.54 Å². The molecule has 1 rings (SSSR count). The highest BCUT2D eigenvalue weighted by Crippen LogP contribution is 2.28. The van der Waals surface area contributed by atoms with E-state index in [0.29, 0.717) is 12.8 Å². The van der Waals surface area contributed by atoms with Crippen LogP contribution in [-0.2, 0) is 11.8 Å².